The van der Waals surface area contributed by atoms with Gasteiger partial charge >= 0.3 is 14.5 Å². The fourth-order valence-electron chi connectivity index (χ4n) is 1.81. The Hall–Kier alpha value is -0.510. The lowest BCUT2D eigenvalue weighted by Crippen LogP contribution is -3.35. The molecule has 3 heterocycles. The van der Waals surface area contributed by atoms with Crippen molar-refractivity contribution in [1.29, 1.82) is 0 Å². The van der Waals surface area contributed by atoms with Crippen LogP contribution in [0.4, 0.5) is 34.5 Å². The molecule has 2 N–H and O–H groups in total. The first-order valence-electron chi connectivity index (χ1n) is 5.37. The van der Waals surface area contributed by atoms with E-state index >= 15 is 0 Å². The first kappa shape index (κ1) is 17.5. The zero-order valence-corrected chi connectivity index (χ0v) is 9.42. The Kier molecular flexibility index (Phi) is 6.97. The van der Waals surface area contributed by atoms with Crippen LogP contribution in [0.1, 0.15) is 0 Å². The molecule has 2 bridgehead atoms. The molecule has 18 heavy (non-hydrogen) atoms. The molecule has 2 nitrogen and oxygen atoms in total. The second-order valence-electron chi connectivity index (χ2n) is 3.99. The number of hydrogen-bond donors (Lipinski definition) is 2. The molecule has 0 radical (unpaired) electrons. The summed E-state index contributed by atoms with van der Waals surface area (Å²) in [5.74, 6) is 0. The number of rotatable bonds is 0. The Morgan fingerprint density at radius 3 is 0.611 bits per heavy atom. The maximum absolute atomic E-state index is 9.75. The van der Waals surface area contributed by atoms with Crippen LogP contribution in [0.25, 0.3) is 0 Å². The quantitative estimate of drug-likeness (QED) is 0.434. The van der Waals surface area contributed by atoms with Crippen LogP contribution in [-0.4, -0.2) is 53.8 Å². The van der Waals surface area contributed by atoms with Gasteiger partial charge in [-0.1, -0.05) is 0 Å². The van der Waals surface area contributed by atoms with Gasteiger partial charge in [0.1, 0.15) is 39.3 Å². The van der Waals surface area contributed by atoms with E-state index in [4.69, 9.17) is 0 Å². The van der Waals surface area contributed by atoms with E-state index in [-0.39, 0.29) is 0 Å². The van der Waals surface area contributed by atoms with E-state index in [1.807, 2.05) is 9.80 Å². The summed E-state index contributed by atoms with van der Waals surface area (Å²) in [4.78, 5) is 3.69. The number of fused-ring (bicyclic) bond motifs is 3. The molecule has 3 aliphatic rings. The zero-order chi connectivity index (χ0) is 14.4. The Morgan fingerprint density at radius 2 is 0.556 bits per heavy atom. The first-order chi connectivity index (χ1) is 7.95. The highest BCUT2D eigenvalue weighted by Crippen LogP contribution is 2.07. The average molecular weight is 288 g/mol. The van der Waals surface area contributed by atoms with Crippen LogP contribution < -0.4 is 9.80 Å². The van der Waals surface area contributed by atoms with Gasteiger partial charge in [-0.2, -0.15) is 0 Å². The molecule has 0 saturated carbocycles. The van der Waals surface area contributed by atoms with Crippen LogP contribution in [0.2, 0.25) is 0 Å². The summed E-state index contributed by atoms with van der Waals surface area (Å²) >= 11 is 0. The SMILES string of the molecule is C1C[NH+]2CC[NH+]1CC2.F[B-](F)(F)F.F[B-](F)(F)F. The molecule has 3 saturated heterocycles. The molecule has 3 rings (SSSR count). The van der Waals surface area contributed by atoms with Gasteiger partial charge in [0, 0.05) is 0 Å². The molecule has 0 aromatic rings. The lowest BCUT2D eigenvalue weighted by molar-refractivity contribution is -1.06. The predicted octanol–water partition coefficient (Wildman–Crippen LogP) is -0.617. The summed E-state index contributed by atoms with van der Waals surface area (Å²) in [5, 5.41) is 0. The number of halogens is 8. The third-order valence-corrected chi connectivity index (χ3v) is 2.50. The second kappa shape index (κ2) is 7.17. The smallest absolute Gasteiger partial charge is 0.418 e. The third kappa shape index (κ3) is 15.5. The Morgan fingerprint density at radius 1 is 0.444 bits per heavy atom. The van der Waals surface area contributed by atoms with Crippen molar-refractivity contribution in [2.24, 2.45) is 0 Å². The normalized spacial score (nSPS) is 26.7. The molecule has 0 aromatic heterocycles. The van der Waals surface area contributed by atoms with Crippen LogP contribution in [0, 0.1) is 0 Å². The number of piperazine rings is 3. The van der Waals surface area contributed by atoms with Crippen molar-refractivity contribution in [2.45, 2.75) is 0 Å². The third-order valence-electron chi connectivity index (χ3n) is 2.50. The summed E-state index contributed by atoms with van der Waals surface area (Å²) < 4.78 is 78.0. The molecular weight excluding hydrogens is 274 g/mol. The molecule has 0 aliphatic carbocycles. The predicted molar refractivity (Wildman–Crippen MR) is 51.5 cm³/mol. The molecule has 0 aromatic carbocycles. The number of nitrogens with one attached hydrogen (secondary N) is 2. The molecular formula is C6H14B2F8N2. The van der Waals surface area contributed by atoms with E-state index < -0.39 is 14.5 Å². The topological polar surface area (TPSA) is 8.88 Å². The Labute approximate surface area is 99.1 Å². The average Bonchev–Trinajstić information content (AvgIpc) is 2.15. The highest BCUT2D eigenvalue weighted by atomic mass is 19.5. The van der Waals surface area contributed by atoms with E-state index in [2.05, 4.69) is 0 Å². The van der Waals surface area contributed by atoms with Gasteiger partial charge in [0.25, 0.3) is 0 Å². The summed E-state index contributed by atoms with van der Waals surface area (Å²) in [6.07, 6.45) is 0. The molecule has 110 valence electrons. The standard InChI is InChI=1S/C6H12N2.2BF4/c1-2-8-5-3-7(1)4-6-8;2*2-1(3,4)5/h1-6H2;;/q;2*-1/p+2. The van der Waals surface area contributed by atoms with Crippen molar-refractivity contribution < 1.29 is 44.3 Å². The largest absolute Gasteiger partial charge is 0.673 e. The Bertz CT molecular complexity index is 178. The van der Waals surface area contributed by atoms with Crippen LogP contribution in [0.3, 0.4) is 0 Å². The van der Waals surface area contributed by atoms with E-state index in [1.165, 1.54) is 39.3 Å². The number of hydrogen-bond acceptors (Lipinski definition) is 0. The zero-order valence-electron chi connectivity index (χ0n) is 9.42. The molecule has 0 unspecified atom stereocenters. The van der Waals surface area contributed by atoms with E-state index in [1.54, 1.807) is 0 Å². The molecule has 0 spiro atoms. The number of quaternary nitrogens is 2. The lowest BCUT2D eigenvalue weighted by atomic mass is 10.2. The van der Waals surface area contributed by atoms with Crippen LogP contribution >= 0.6 is 0 Å². The fourth-order valence-corrected chi connectivity index (χ4v) is 1.81. The van der Waals surface area contributed by atoms with E-state index in [9.17, 15) is 34.5 Å². The van der Waals surface area contributed by atoms with Gasteiger partial charge in [-0.3, -0.25) is 0 Å². The van der Waals surface area contributed by atoms with Gasteiger partial charge in [0.05, 0.1) is 0 Å². The van der Waals surface area contributed by atoms with Crippen LogP contribution in [0.5, 0.6) is 0 Å². The second-order valence-corrected chi connectivity index (χ2v) is 3.99. The molecule has 3 fully saturated rings. The minimum Gasteiger partial charge on any atom is -0.418 e. The van der Waals surface area contributed by atoms with Crippen molar-refractivity contribution in [3.05, 3.63) is 0 Å². The maximum atomic E-state index is 9.75. The van der Waals surface area contributed by atoms with Crippen molar-refractivity contribution in [1.82, 2.24) is 0 Å². The first-order valence-corrected chi connectivity index (χ1v) is 5.37. The van der Waals surface area contributed by atoms with Gasteiger partial charge in [0.15, 0.2) is 0 Å². The summed E-state index contributed by atoms with van der Waals surface area (Å²) in [6, 6.07) is 0. The lowest BCUT2D eigenvalue weighted by Gasteiger charge is -2.35. The van der Waals surface area contributed by atoms with Crippen LogP contribution in [0.15, 0.2) is 0 Å². The monoisotopic (exact) mass is 288 g/mol. The molecule has 12 heteroatoms. The summed E-state index contributed by atoms with van der Waals surface area (Å²) in [6.45, 7) is 8.64. The van der Waals surface area contributed by atoms with Crippen molar-refractivity contribution in [3.63, 3.8) is 0 Å². The highest BCUT2D eigenvalue weighted by molar-refractivity contribution is 6.50. The minimum absolute atomic E-state index is 1.44. The van der Waals surface area contributed by atoms with Gasteiger partial charge in [-0.05, 0) is 0 Å². The maximum Gasteiger partial charge on any atom is 0.673 e. The van der Waals surface area contributed by atoms with Crippen LogP contribution in [-0.2, 0) is 0 Å². The minimum atomic E-state index is -6.00. The summed E-state index contributed by atoms with van der Waals surface area (Å²) in [5.41, 5.74) is 0. The molecule has 0 amide bonds. The van der Waals surface area contributed by atoms with E-state index in [0.717, 1.165) is 0 Å². The van der Waals surface area contributed by atoms with E-state index in [0.29, 0.717) is 0 Å². The Balaban J connectivity index is 0.000000258. The van der Waals surface area contributed by atoms with Crippen molar-refractivity contribution >= 4 is 14.5 Å². The molecule has 0 atom stereocenters. The highest BCUT2D eigenvalue weighted by Gasteiger charge is 2.29. The molecule has 3 aliphatic heterocycles. The van der Waals surface area contributed by atoms with Crippen molar-refractivity contribution in [2.75, 3.05) is 39.3 Å². The van der Waals surface area contributed by atoms with Gasteiger partial charge in [-0.25, -0.2) is 0 Å². The van der Waals surface area contributed by atoms with Crippen molar-refractivity contribution in [3.8, 4) is 0 Å². The van der Waals surface area contributed by atoms with Gasteiger partial charge in [0.2, 0.25) is 0 Å². The summed E-state index contributed by atoms with van der Waals surface area (Å²) in [7, 11) is -12.0. The van der Waals surface area contributed by atoms with Gasteiger partial charge < -0.3 is 44.3 Å². The van der Waals surface area contributed by atoms with Gasteiger partial charge in [-0.15, -0.1) is 0 Å². The fraction of sp³-hybridized carbons (Fsp3) is 1.00.